The van der Waals surface area contributed by atoms with E-state index < -0.39 is 35.2 Å². The molecule has 1 amide bonds. The van der Waals surface area contributed by atoms with Gasteiger partial charge in [0, 0.05) is 16.7 Å². The SMILES string of the molecule is CCOC(=O)C(NC(=O)c1cc(O)c2c(c1)C(=O)c1cccc(O)c1C2=O)C(C)CC. The van der Waals surface area contributed by atoms with E-state index in [1.165, 1.54) is 24.3 Å². The molecule has 0 aromatic heterocycles. The third-order valence-electron chi connectivity index (χ3n) is 5.41. The van der Waals surface area contributed by atoms with E-state index in [0.29, 0.717) is 6.42 Å². The van der Waals surface area contributed by atoms with E-state index >= 15 is 0 Å². The Kier molecular flexibility index (Phi) is 6.10. The molecule has 8 nitrogen and oxygen atoms in total. The number of hydrogen-bond donors (Lipinski definition) is 3. The molecule has 3 rings (SSSR count). The number of rotatable bonds is 6. The lowest BCUT2D eigenvalue weighted by Gasteiger charge is -2.23. The average Bonchev–Trinajstić information content (AvgIpc) is 2.74. The van der Waals surface area contributed by atoms with Crippen molar-refractivity contribution in [1.29, 1.82) is 0 Å². The molecule has 0 spiro atoms. The summed E-state index contributed by atoms with van der Waals surface area (Å²) in [6.45, 7) is 5.47. The zero-order chi connectivity index (χ0) is 22.9. The van der Waals surface area contributed by atoms with Crippen LogP contribution in [0.1, 0.15) is 69.4 Å². The Morgan fingerprint density at radius 1 is 1.00 bits per heavy atom. The third-order valence-corrected chi connectivity index (χ3v) is 5.41. The first-order valence-corrected chi connectivity index (χ1v) is 9.97. The second-order valence-corrected chi connectivity index (χ2v) is 7.36. The van der Waals surface area contributed by atoms with Gasteiger partial charge in [-0.25, -0.2) is 4.79 Å². The van der Waals surface area contributed by atoms with E-state index in [1.54, 1.807) is 13.8 Å². The molecule has 1 aliphatic rings. The van der Waals surface area contributed by atoms with Crippen molar-refractivity contribution in [1.82, 2.24) is 5.32 Å². The molecule has 3 N–H and O–H groups in total. The molecule has 2 unspecified atom stereocenters. The molecule has 162 valence electrons. The number of esters is 1. The lowest BCUT2D eigenvalue weighted by atomic mass is 9.82. The van der Waals surface area contributed by atoms with Gasteiger partial charge in [-0.3, -0.25) is 14.4 Å². The van der Waals surface area contributed by atoms with E-state index in [9.17, 15) is 29.4 Å². The Balaban J connectivity index is 2.00. The quantitative estimate of drug-likeness (QED) is 0.518. The molecular formula is C23H23NO7. The van der Waals surface area contributed by atoms with E-state index in [4.69, 9.17) is 4.74 Å². The van der Waals surface area contributed by atoms with Gasteiger partial charge in [0.15, 0.2) is 5.78 Å². The first kappa shape index (κ1) is 22.0. The van der Waals surface area contributed by atoms with E-state index in [-0.39, 0.29) is 46.1 Å². The first-order valence-electron chi connectivity index (χ1n) is 9.97. The lowest BCUT2D eigenvalue weighted by Crippen LogP contribution is -2.46. The fourth-order valence-electron chi connectivity index (χ4n) is 3.54. The van der Waals surface area contributed by atoms with Gasteiger partial charge in [-0.05, 0) is 31.0 Å². The van der Waals surface area contributed by atoms with Crippen molar-refractivity contribution in [2.45, 2.75) is 33.2 Å². The van der Waals surface area contributed by atoms with E-state index in [0.717, 1.165) is 6.07 Å². The molecule has 0 heterocycles. The highest BCUT2D eigenvalue weighted by atomic mass is 16.5. The van der Waals surface area contributed by atoms with Crippen molar-refractivity contribution in [3.8, 4) is 11.5 Å². The molecule has 8 heteroatoms. The number of carbonyl (C=O) groups is 4. The Morgan fingerprint density at radius 3 is 2.32 bits per heavy atom. The third kappa shape index (κ3) is 3.88. The van der Waals surface area contributed by atoms with Crippen LogP contribution in [0.15, 0.2) is 30.3 Å². The molecule has 0 radical (unpaired) electrons. The maximum Gasteiger partial charge on any atom is 0.328 e. The lowest BCUT2D eigenvalue weighted by molar-refractivity contribution is -0.146. The van der Waals surface area contributed by atoms with Gasteiger partial charge in [-0.2, -0.15) is 0 Å². The van der Waals surface area contributed by atoms with Gasteiger partial charge >= 0.3 is 5.97 Å². The average molecular weight is 425 g/mol. The summed E-state index contributed by atoms with van der Waals surface area (Å²) in [5, 5.41) is 23.1. The Bertz CT molecular complexity index is 1090. The molecule has 0 fully saturated rings. The summed E-state index contributed by atoms with van der Waals surface area (Å²) in [5.41, 5.74) is -0.715. The molecule has 0 saturated carbocycles. The van der Waals surface area contributed by atoms with Crippen LogP contribution in [-0.2, 0) is 9.53 Å². The molecule has 2 atom stereocenters. The molecule has 31 heavy (non-hydrogen) atoms. The maximum atomic E-state index is 12.9. The van der Waals surface area contributed by atoms with Crippen molar-refractivity contribution < 1.29 is 34.1 Å². The van der Waals surface area contributed by atoms with Crippen LogP contribution in [0.3, 0.4) is 0 Å². The minimum Gasteiger partial charge on any atom is -0.507 e. The number of hydrogen-bond acceptors (Lipinski definition) is 7. The van der Waals surface area contributed by atoms with Gasteiger partial charge in [0.1, 0.15) is 17.5 Å². The molecule has 0 aliphatic heterocycles. The van der Waals surface area contributed by atoms with Gasteiger partial charge < -0.3 is 20.3 Å². The number of ketones is 2. The van der Waals surface area contributed by atoms with Crippen LogP contribution in [0.25, 0.3) is 0 Å². The van der Waals surface area contributed by atoms with Gasteiger partial charge in [0.25, 0.3) is 5.91 Å². The number of ether oxygens (including phenoxy) is 1. The summed E-state index contributed by atoms with van der Waals surface area (Å²) >= 11 is 0. The molecule has 2 aromatic rings. The largest absolute Gasteiger partial charge is 0.507 e. The standard InChI is InChI=1S/C23H23NO7/c1-4-11(3)19(23(30)31-5-2)24-22(29)12-9-14-18(16(26)10-12)21(28)17-13(20(14)27)7-6-8-15(17)25/h6-11,19,25-26H,4-5H2,1-3H3,(H,24,29). The Labute approximate surface area is 178 Å². The number of benzene rings is 2. The molecule has 1 aliphatic carbocycles. The van der Waals surface area contributed by atoms with Crippen molar-refractivity contribution in [3.05, 3.63) is 58.1 Å². The number of carbonyl (C=O) groups excluding carboxylic acids is 4. The van der Waals surface area contributed by atoms with Crippen LogP contribution < -0.4 is 5.32 Å². The zero-order valence-corrected chi connectivity index (χ0v) is 17.4. The van der Waals surface area contributed by atoms with Crippen LogP contribution >= 0.6 is 0 Å². The van der Waals surface area contributed by atoms with Crippen LogP contribution in [0.4, 0.5) is 0 Å². The number of aromatic hydroxyl groups is 2. The summed E-state index contributed by atoms with van der Waals surface area (Å²) in [6.07, 6.45) is 0.604. The van der Waals surface area contributed by atoms with Crippen molar-refractivity contribution in [2.24, 2.45) is 5.92 Å². The van der Waals surface area contributed by atoms with Crippen molar-refractivity contribution in [2.75, 3.05) is 6.61 Å². The number of fused-ring (bicyclic) bond motifs is 2. The summed E-state index contributed by atoms with van der Waals surface area (Å²) in [7, 11) is 0. The highest BCUT2D eigenvalue weighted by Crippen LogP contribution is 2.37. The van der Waals surface area contributed by atoms with E-state index in [2.05, 4.69) is 5.32 Å². The predicted molar refractivity (Wildman–Crippen MR) is 110 cm³/mol. The van der Waals surface area contributed by atoms with Gasteiger partial charge in [0.05, 0.1) is 17.7 Å². The second kappa shape index (κ2) is 8.59. The smallest absolute Gasteiger partial charge is 0.328 e. The van der Waals surface area contributed by atoms with Crippen molar-refractivity contribution >= 4 is 23.4 Å². The summed E-state index contributed by atoms with van der Waals surface area (Å²) in [6, 6.07) is 5.45. The number of nitrogens with one attached hydrogen (secondary N) is 1. The maximum absolute atomic E-state index is 12.9. The highest BCUT2D eigenvalue weighted by molar-refractivity contribution is 6.30. The Hall–Kier alpha value is -3.68. The first-order chi connectivity index (χ1) is 14.7. The molecule has 0 bridgehead atoms. The van der Waals surface area contributed by atoms with Crippen LogP contribution in [0.2, 0.25) is 0 Å². The summed E-state index contributed by atoms with van der Waals surface area (Å²) in [5.74, 6) is -3.74. The molecule has 2 aromatic carbocycles. The number of phenolic OH excluding ortho intramolecular Hbond substituents is 2. The topological polar surface area (TPSA) is 130 Å². The monoisotopic (exact) mass is 425 g/mol. The molecule has 0 saturated heterocycles. The minimum absolute atomic E-state index is 0.0153. The summed E-state index contributed by atoms with van der Waals surface area (Å²) < 4.78 is 5.03. The number of amides is 1. The number of phenols is 2. The van der Waals surface area contributed by atoms with Crippen LogP contribution in [-0.4, -0.2) is 46.3 Å². The Morgan fingerprint density at radius 2 is 1.68 bits per heavy atom. The van der Waals surface area contributed by atoms with Crippen LogP contribution in [0.5, 0.6) is 11.5 Å². The van der Waals surface area contributed by atoms with Crippen molar-refractivity contribution in [3.63, 3.8) is 0 Å². The fraction of sp³-hybridized carbons (Fsp3) is 0.304. The summed E-state index contributed by atoms with van der Waals surface area (Å²) in [4.78, 5) is 50.8. The second-order valence-electron chi connectivity index (χ2n) is 7.36. The van der Waals surface area contributed by atoms with Gasteiger partial charge in [-0.15, -0.1) is 0 Å². The zero-order valence-electron chi connectivity index (χ0n) is 17.4. The normalized spacial score (nSPS) is 14.3. The minimum atomic E-state index is -0.911. The highest BCUT2D eigenvalue weighted by Gasteiger charge is 2.35. The van der Waals surface area contributed by atoms with Gasteiger partial charge in [0.2, 0.25) is 5.78 Å². The fourth-order valence-corrected chi connectivity index (χ4v) is 3.54. The van der Waals surface area contributed by atoms with E-state index in [1.807, 2.05) is 6.92 Å². The van der Waals surface area contributed by atoms with Crippen LogP contribution in [0, 0.1) is 5.92 Å². The van der Waals surface area contributed by atoms with Gasteiger partial charge in [-0.1, -0.05) is 32.4 Å². The predicted octanol–water partition coefficient (Wildman–Crippen LogP) is 2.58. The molecular weight excluding hydrogens is 402 g/mol.